The van der Waals surface area contributed by atoms with E-state index in [-0.39, 0.29) is 18.2 Å². The summed E-state index contributed by atoms with van der Waals surface area (Å²) in [5.74, 6) is -0.970. The number of amides is 2. The highest BCUT2D eigenvalue weighted by Crippen LogP contribution is 2.12. The van der Waals surface area contributed by atoms with Crippen molar-refractivity contribution in [1.29, 1.82) is 0 Å². The highest BCUT2D eigenvalue weighted by Gasteiger charge is 2.24. The molecule has 21 heavy (non-hydrogen) atoms. The minimum absolute atomic E-state index is 0.00174. The molecular weight excluding hydrogens is 272 g/mol. The number of urea groups is 1. The molecule has 116 valence electrons. The molecule has 6 heteroatoms. The molecule has 0 saturated heterocycles. The van der Waals surface area contributed by atoms with Crippen LogP contribution >= 0.6 is 0 Å². The Labute approximate surface area is 124 Å². The summed E-state index contributed by atoms with van der Waals surface area (Å²) in [5, 5.41) is 21.0. The largest absolute Gasteiger partial charge is 0.508 e. The fourth-order valence-electron chi connectivity index (χ4n) is 2.04. The summed E-state index contributed by atoms with van der Waals surface area (Å²) in [6.45, 7) is 6.10. The minimum Gasteiger partial charge on any atom is -0.508 e. The first-order valence-corrected chi connectivity index (χ1v) is 6.93. The molecule has 0 saturated carbocycles. The van der Waals surface area contributed by atoms with Gasteiger partial charge in [0.05, 0.1) is 0 Å². The zero-order valence-corrected chi connectivity index (χ0v) is 12.5. The Morgan fingerprint density at radius 2 is 1.81 bits per heavy atom. The second kappa shape index (κ2) is 7.52. The molecule has 0 aromatic heterocycles. The Bertz CT molecular complexity index is 485. The van der Waals surface area contributed by atoms with Gasteiger partial charge in [-0.25, -0.2) is 9.59 Å². The molecule has 1 aromatic rings. The average Bonchev–Trinajstić information content (AvgIpc) is 2.40. The van der Waals surface area contributed by atoms with Gasteiger partial charge >= 0.3 is 12.0 Å². The van der Waals surface area contributed by atoms with E-state index in [1.54, 1.807) is 17.0 Å². The maximum atomic E-state index is 12.1. The van der Waals surface area contributed by atoms with E-state index >= 15 is 0 Å². The van der Waals surface area contributed by atoms with Crippen molar-refractivity contribution >= 4 is 12.0 Å². The normalized spacial score (nSPS) is 12.0. The predicted molar refractivity (Wildman–Crippen MR) is 79.3 cm³/mol. The molecule has 0 aliphatic carbocycles. The van der Waals surface area contributed by atoms with E-state index in [1.807, 2.05) is 20.8 Å². The zero-order chi connectivity index (χ0) is 16.0. The standard InChI is InChI=1S/C15H22N2O4/c1-4-17(10(2)3)15(21)16-13(14(19)20)9-11-5-7-12(18)8-6-11/h5-8,10,13,18H,4,9H2,1-3H3,(H,16,21)(H,19,20)/t13-/m1/s1. The van der Waals surface area contributed by atoms with Crippen molar-refractivity contribution < 1.29 is 19.8 Å². The summed E-state index contributed by atoms with van der Waals surface area (Å²) in [6.07, 6.45) is 0.164. The smallest absolute Gasteiger partial charge is 0.326 e. The van der Waals surface area contributed by atoms with Gasteiger partial charge in [-0.2, -0.15) is 0 Å². The molecule has 1 rings (SSSR count). The molecule has 0 aliphatic heterocycles. The Kier molecular flexibility index (Phi) is 6.02. The minimum atomic E-state index is -1.09. The van der Waals surface area contributed by atoms with Crippen molar-refractivity contribution in [2.75, 3.05) is 6.54 Å². The number of rotatable bonds is 6. The summed E-state index contributed by atoms with van der Waals surface area (Å²) in [4.78, 5) is 25.0. The van der Waals surface area contributed by atoms with Crippen LogP contribution in [0.4, 0.5) is 4.79 Å². The Morgan fingerprint density at radius 1 is 1.24 bits per heavy atom. The fourth-order valence-corrected chi connectivity index (χ4v) is 2.04. The second-order valence-corrected chi connectivity index (χ2v) is 5.09. The molecule has 0 unspecified atom stereocenters. The van der Waals surface area contributed by atoms with Gasteiger partial charge in [-0.05, 0) is 38.5 Å². The summed E-state index contributed by atoms with van der Waals surface area (Å²) >= 11 is 0. The van der Waals surface area contributed by atoms with Crippen LogP contribution in [0.3, 0.4) is 0 Å². The van der Waals surface area contributed by atoms with Crippen LogP contribution in [0.2, 0.25) is 0 Å². The van der Waals surface area contributed by atoms with Crippen LogP contribution in [0, 0.1) is 0 Å². The van der Waals surface area contributed by atoms with Crippen LogP contribution in [0.15, 0.2) is 24.3 Å². The van der Waals surface area contributed by atoms with E-state index in [2.05, 4.69) is 5.32 Å². The Balaban J connectivity index is 2.76. The summed E-state index contributed by atoms with van der Waals surface area (Å²) in [6, 6.07) is 4.85. The number of nitrogens with one attached hydrogen (secondary N) is 1. The average molecular weight is 294 g/mol. The number of carboxylic acid groups (broad SMARTS) is 1. The van der Waals surface area contributed by atoms with Gasteiger partial charge in [0.25, 0.3) is 0 Å². The van der Waals surface area contributed by atoms with Crippen LogP contribution in [-0.4, -0.2) is 45.7 Å². The van der Waals surface area contributed by atoms with Crippen molar-refractivity contribution in [3.63, 3.8) is 0 Å². The number of phenolic OH excluding ortho intramolecular Hbond substituents is 1. The van der Waals surface area contributed by atoms with Crippen LogP contribution in [-0.2, 0) is 11.2 Å². The van der Waals surface area contributed by atoms with Crippen LogP contribution in [0.25, 0.3) is 0 Å². The fraction of sp³-hybridized carbons (Fsp3) is 0.467. The lowest BCUT2D eigenvalue weighted by atomic mass is 10.1. The molecule has 0 bridgehead atoms. The molecule has 0 heterocycles. The molecule has 0 aliphatic rings. The molecular formula is C15H22N2O4. The first-order valence-electron chi connectivity index (χ1n) is 6.93. The van der Waals surface area contributed by atoms with E-state index in [9.17, 15) is 19.8 Å². The van der Waals surface area contributed by atoms with Gasteiger partial charge in [-0.1, -0.05) is 12.1 Å². The monoisotopic (exact) mass is 294 g/mol. The number of aliphatic carboxylic acids is 1. The number of hydrogen-bond acceptors (Lipinski definition) is 3. The molecule has 3 N–H and O–H groups in total. The van der Waals surface area contributed by atoms with E-state index in [0.717, 1.165) is 5.56 Å². The lowest BCUT2D eigenvalue weighted by molar-refractivity contribution is -0.139. The van der Waals surface area contributed by atoms with Gasteiger partial charge in [-0.15, -0.1) is 0 Å². The first-order chi connectivity index (χ1) is 9.85. The van der Waals surface area contributed by atoms with E-state index in [0.29, 0.717) is 6.54 Å². The molecule has 6 nitrogen and oxygen atoms in total. The Hall–Kier alpha value is -2.24. The topological polar surface area (TPSA) is 89.9 Å². The number of carboxylic acids is 1. The molecule has 1 aromatic carbocycles. The van der Waals surface area contributed by atoms with Gasteiger partial charge in [0, 0.05) is 19.0 Å². The van der Waals surface area contributed by atoms with Gasteiger partial charge < -0.3 is 20.4 Å². The molecule has 0 spiro atoms. The first kappa shape index (κ1) is 16.8. The summed E-state index contributed by atoms with van der Waals surface area (Å²) in [7, 11) is 0. The van der Waals surface area contributed by atoms with Gasteiger partial charge in [0.1, 0.15) is 11.8 Å². The van der Waals surface area contributed by atoms with Crippen LogP contribution in [0.1, 0.15) is 26.3 Å². The van der Waals surface area contributed by atoms with Gasteiger partial charge in [0.2, 0.25) is 0 Å². The summed E-state index contributed by atoms with van der Waals surface area (Å²) in [5.41, 5.74) is 0.730. The number of phenols is 1. The highest BCUT2D eigenvalue weighted by atomic mass is 16.4. The van der Waals surface area contributed by atoms with E-state index in [4.69, 9.17) is 0 Å². The zero-order valence-electron chi connectivity index (χ0n) is 12.5. The highest BCUT2D eigenvalue weighted by molar-refractivity contribution is 5.83. The van der Waals surface area contributed by atoms with Crippen LogP contribution < -0.4 is 5.32 Å². The van der Waals surface area contributed by atoms with Crippen molar-refractivity contribution in [2.45, 2.75) is 39.3 Å². The third kappa shape index (κ3) is 4.98. The lowest BCUT2D eigenvalue weighted by Crippen LogP contribution is -2.50. The molecule has 0 radical (unpaired) electrons. The lowest BCUT2D eigenvalue weighted by Gasteiger charge is -2.27. The van der Waals surface area contributed by atoms with Crippen LogP contribution in [0.5, 0.6) is 5.75 Å². The maximum Gasteiger partial charge on any atom is 0.326 e. The SMILES string of the molecule is CCN(C(=O)N[C@H](Cc1ccc(O)cc1)C(=O)O)C(C)C. The van der Waals surface area contributed by atoms with Gasteiger partial charge in [-0.3, -0.25) is 0 Å². The van der Waals surface area contributed by atoms with Crippen molar-refractivity contribution in [2.24, 2.45) is 0 Å². The van der Waals surface area contributed by atoms with E-state index in [1.165, 1.54) is 12.1 Å². The summed E-state index contributed by atoms with van der Waals surface area (Å²) < 4.78 is 0. The van der Waals surface area contributed by atoms with Crippen molar-refractivity contribution in [1.82, 2.24) is 10.2 Å². The predicted octanol–water partition coefficient (Wildman–Crippen LogP) is 1.83. The number of carbonyl (C=O) groups is 2. The number of aromatic hydroxyl groups is 1. The Morgan fingerprint density at radius 3 is 2.24 bits per heavy atom. The van der Waals surface area contributed by atoms with Gasteiger partial charge in [0.15, 0.2) is 0 Å². The molecule has 2 amide bonds. The quantitative estimate of drug-likeness (QED) is 0.746. The third-order valence-electron chi connectivity index (χ3n) is 3.20. The molecule has 0 fully saturated rings. The second-order valence-electron chi connectivity index (χ2n) is 5.09. The van der Waals surface area contributed by atoms with Crippen molar-refractivity contribution in [3.8, 4) is 5.75 Å². The number of hydrogen-bond donors (Lipinski definition) is 3. The third-order valence-corrected chi connectivity index (χ3v) is 3.20. The molecule has 1 atom stereocenters. The number of nitrogens with zero attached hydrogens (tertiary/aromatic N) is 1. The maximum absolute atomic E-state index is 12.1. The van der Waals surface area contributed by atoms with E-state index < -0.39 is 18.0 Å². The van der Waals surface area contributed by atoms with Crippen molar-refractivity contribution in [3.05, 3.63) is 29.8 Å². The number of benzene rings is 1. The number of carbonyl (C=O) groups excluding carboxylic acids is 1.